The molecular weight excluding hydrogens is 272 g/mol. The fraction of sp³-hybridized carbons (Fsp3) is 0.667. The zero-order valence-electron chi connectivity index (χ0n) is 13.3. The number of carboxylic acid groups (broad SMARTS) is 1. The Kier molecular flexibility index (Phi) is 5.15. The highest BCUT2D eigenvalue weighted by Crippen LogP contribution is 2.33. The molecule has 0 aromatic heterocycles. The first-order valence-electron chi connectivity index (χ1n) is 7.05. The molecule has 21 heavy (non-hydrogen) atoms. The third kappa shape index (κ3) is 4.31. The Bertz CT molecular complexity index is 488. The molecule has 0 radical (unpaired) electrons. The monoisotopic (exact) mass is 296 g/mol. The van der Waals surface area contributed by atoms with Crippen molar-refractivity contribution in [2.24, 2.45) is 11.3 Å². The van der Waals surface area contributed by atoms with E-state index in [1.165, 1.54) is 13.8 Å². The summed E-state index contributed by atoms with van der Waals surface area (Å²) in [6, 6.07) is -0.454. The maximum atomic E-state index is 12.0. The van der Waals surface area contributed by atoms with Crippen LogP contribution in [0.4, 0.5) is 4.79 Å². The SMILES string of the molecule is CC(C(=O)O)=C(C)C(=O)NC(=O)N1CCC(C(C)(C)C)C1. The van der Waals surface area contributed by atoms with Gasteiger partial charge in [-0.2, -0.15) is 0 Å². The Morgan fingerprint density at radius 2 is 1.71 bits per heavy atom. The van der Waals surface area contributed by atoms with Gasteiger partial charge in [-0.3, -0.25) is 10.1 Å². The summed E-state index contributed by atoms with van der Waals surface area (Å²) in [5.41, 5.74) is 0.103. The van der Waals surface area contributed by atoms with Gasteiger partial charge in [-0.1, -0.05) is 20.8 Å². The Hall–Kier alpha value is -1.85. The van der Waals surface area contributed by atoms with Crippen LogP contribution in [-0.2, 0) is 9.59 Å². The van der Waals surface area contributed by atoms with Crippen molar-refractivity contribution in [3.05, 3.63) is 11.1 Å². The molecule has 0 spiro atoms. The van der Waals surface area contributed by atoms with Gasteiger partial charge in [0.25, 0.3) is 5.91 Å². The number of amides is 3. The van der Waals surface area contributed by atoms with Crippen molar-refractivity contribution < 1.29 is 19.5 Å². The van der Waals surface area contributed by atoms with E-state index in [1.54, 1.807) is 4.90 Å². The van der Waals surface area contributed by atoms with Crippen LogP contribution in [0.25, 0.3) is 0 Å². The minimum Gasteiger partial charge on any atom is -0.478 e. The largest absolute Gasteiger partial charge is 0.478 e. The standard InChI is InChI=1S/C15H24N2O4/c1-9(10(2)13(19)20)12(18)16-14(21)17-7-6-11(8-17)15(3,4)5/h11H,6-8H2,1-5H3,(H,19,20)(H,16,18,21). The molecule has 0 bridgehead atoms. The summed E-state index contributed by atoms with van der Waals surface area (Å²) in [5.74, 6) is -1.42. The third-order valence-corrected chi connectivity index (χ3v) is 4.14. The maximum Gasteiger partial charge on any atom is 0.331 e. The normalized spacial score (nSPS) is 20.0. The molecule has 0 aliphatic carbocycles. The summed E-state index contributed by atoms with van der Waals surface area (Å²) in [5, 5.41) is 11.1. The molecule has 1 fully saturated rings. The number of carbonyl (C=O) groups excluding carboxylic acids is 2. The van der Waals surface area contributed by atoms with Gasteiger partial charge in [0, 0.05) is 24.2 Å². The molecule has 6 nitrogen and oxygen atoms in total. The quantitative estimate of drug-likeness (QED) is 0.763. The zero-order chi connectivity index (χ0) is 16.4. The molecule has 1 heterocycles. The van der Waals surface area contributed by atoms with Gasteiger partial charge >= 0.3 is 12.0 Å². The highest BCUT2D eigenvalue weighted by Gasteiger charge is 2.34. The number of carbonyl (C=O) groups is 3. The van der Waals surface area contributed by atoms with Crippen molar-refractivity contribution in [3.63, 3.8) is 0 Å². The second kappa shape index (κ2) is 6.28. The van der Waals surface area contributed by atoms with Crippen LogP contribution in [0.5, 0.6) is 0 Å². The van der Waals surface area contributed by atoms with Crippen LogP contribution in [0, 0.1) is 11.3 Å². The van der Waals surface area contributed by atoms with Crippen LogP contribution in [0.15, 0.2) is 11.1 Å². The van der Waals surface area contributed by atoms with Crippen molar-refractivity contribution in [1.29, 1.82) is 0 Å². The lowest BCUT2D eigenvalue weighted by molar-refractivity contribution is -0.133. The highest BCUT2D eigenvalue weighted by molar-refractivity contribution is 6.07. The Balaban J connectivity index is 2.65. The first-order valence-corrected chi connectivity index (χ1v) is 7.05. The molecule has 1 unspecified atom stereocenters. The maximum absolute atomic E-state index is 12.0. The lowest BCUT2D eigenvalue weighted by Crippen LogP contribution is -2.42. The van der Waals surface area contributed by atoms with Crippen molar-refractivity contribution >= 4 is 17.9 Å². The van der Waals surface area contributed by atoms with Crippen molar-refractivity contribution in [1.82, 2.24) is 10.2 Å². The van der Waals surface area contributed by atoms with E-state index in [9.17, 15) is 14.4 Å². The first-order chi connectivity index (χ1) is 9.54. The highest BCUT2D eigenvalue weighted by atomic mass is 16.4. The second-order valence-corrected chi connectivity index (χ2v) is 6.61. The minimum atomic E-state index is -1.16. The number of nitrogens with one attached hydrogen (secondary N) is 1. The molecule has 3 amide bonds. The molecule has 1 aliphatic heterocycles. The van der Waals surface area contributed by atoms with Gasteiger partial charge in [0.2, 0.25) is 0 Å². The van der Waals surface area contributed by atoms with Crippen LogP contribution in [0.1, 0.15) is 41.0 Å². The number of hydrogen-bond acceptors (Lipinski definition) is 3. The molecular formula is C15H24N2O4. The molecule has 1 rings (SSSR count). The minimum absolute atomic E-state index is 0.0439. The molecule has 0 saturated carbocycles. The van der Waals surface area contributed by atoms with Crippen LogP contribution < -0.4 is 5.32 Å². The summed E-state index contributed by atoms with van der Waals surface area (Å²) < 4.78 is 0. The van der Waals surface area contributed by atoms with Gasteiger partial charge < -0.3 is 10.0 Å². The number of nitrogens with zero attached hydrogens (tertiary/aromatic N) is 1. The predicted molar refractivity (Wildman–Crippen MR) is 78.7 cm³/mol. The number of aliphatic carboxylic acids is 1. The number of hydrogen-bond donors (Lipinski definition) is 2. The van der Waals surface area contributed by atoms with Crippen molar-refractivity contribution in [2.75, 3.05) is 13.1 Å². The van der Waals surface area contributed by atoms with E-state index < -0.39 is 17.9 Å². The smallest absolute Gasteiger partial charge is 0.331 e. The molecule has 118 valence electrons. The average Bonchev–Trinajstić information content (AvgIpc) is 2.86. The lowest BCUT2D eigenvalue weighted by atomic mass is 9.80. The van der Waals surface area contributed by atoms with Gasteiger partial charge in [-0.15, -0.1) is 0 Å². The molecule has 1 atom stereocenters. The van der Waals surface area contributed by atoms with Gasteiger partial charge in [-0.25, -0.2) is 9.59 Å². The second-order valence-electron chi connectivity index (χ2n) is 6.61. The molecule has 0 aromatic rings. The number of urea groups is 1. The molecule has 6 heteroatoms. The summed E-state index contributed by atoms with van der Waals surface area (Å²) in [6.45, 7) is 10.4. The third-order valence-electron chi connectivity index (χ3n) is 4.14. The van der Waals surface area contributed by atoms with Crippen molar-refractivity contribution in [3.8, 4) is 0 Å². The van der Waals surface area contributed by atoms with E-state index in [-0.39, 0.29) is 16.6 Å². The lowest BCUT2D eigenvalue weighted by Gasteiger charge is -2.26. The van der Waals surface area contributed by atoms with Crippen LogP contribution in [0.3, 0.4) is 0 Å². The molecule has 0 aromatic carbocycles. The van der Waals surface area contributed by atoms with Gasteiger partial charge in [0.1, 0.15) is 0 Å². The molecule has 1 saturated heterocycles. The van der Waals surface area contributed by atoms with E-state index in [1.807, 2.05) is 0 Å². The Morgan fingerprint density at radius 1 is 1.14 bits per heavy atom. The summed E-state index contributed by atoms with van der Waals surface area (Å²) >= 11 is 0. The van der Waals surface area contributed by atoms with Crippen LogP contribution in [-0.4, -0.2) is 41.0 Å². The van der Waals surface area contributed by atoms with E-state index in [2.05, 4.69) is 26.1 Å². The van der Waals surface area contributed by atoms with Gasteiger partial charge in [0.05, 0.1) is 0 Å². The first kappa shape index (κ1) is 17.2. The average molecular weight is 296 g/mol. The summed E-state index contributed by atoms with van der Waals surface area (Å²) in [6.07, 6.45) is 0.911. The fourth-order valence-corrected chi connectivity index (χ4v) is 2.25. The summed E-state index contributed by atoms with van der Waals surface area (Å²) in [4.78, 5) is 36.3. The summed E-state index contributed by atoms with van der Waals surface area (Å²) in [7, 11) is 0. The Morgan fingerprint density at radius 3 is 2.14 bits per heavy atom. The van der Waals surface area contributed by atoms with Crippen LogP contribution >= 0.6 is 0 Å². The molecule has 1 aliphatic rings. The van der Waals surface area contributed by atoms with Gasteiger partial charge in [-0.05, 0) is 31.6 Å². The molecule has 2 N–H and O–H groups in total. The Labute approximate surface area is 125 Å². The van der Waals surface area contributed by atoms with Gasteiger partial charge in [0.15, 0.2) is 0 Å². The topological polar surface area (TPSA) is 86.7 Å². The number of rotatable bonds is 2. The van der Waals surface area contributed by atoms with Crippen molar-refractivity contribution in [2.45, 2.75) is 41.0 Å². The van der Waals surface area contributed by atoms with E-state index in [4.69, 9.17) is 5.11 Å². The van der Waals surface area contributed by atoms with Crippen LogP contribution in [0.2, 0.25) is 0 Å². The zero-order valence-corrected chi connectivity index (χ0v) is 13.3. The number of carboxylic acids is 1. The van der Waals surface area contributed by atoms with E-state index in [0.717, 1.165) is 6.42 Å². The predicted octanol–water partition coefficient (Wildman–Crippen LogP) is 2.01. The number of likely N-dealkylation sites (tertiary alicyclic amines) is 1. The number of imide groups is 1. The fourth-order valence-electron chi connectivity index (χ4n) is 2.25. The van der Waals surface area contributed by atoms with E-state index >= 15 is 0 Å². The van der Waals surface area contributed by atoms with E-state index in [0.29, 0.717) is 19.0 Å².